The van der Waals surface area contributed by atoms with Gasteiger partial charge in [-0.1, -0.05) is 6.07 Å². The number of alkyl halides is 3. The first-order valence-corrected chi connectivity index (χ1v) is 12.2. The third-order valence-corrected chi connectivity index (χ3v) is 7.86. The van der Waals surface area contributed by atoms with Crippen LogP contribution >= 0.6 is 0 Å². The van der Waals surface area contributed by atoms with E-state index in [2.05, 4.69) is 0 Å². The van der Waals surface area contributed by atoms with Crippen LogP contribution in [-0.4, -0.2) is 74.7 Å². The number of nitrogens with zero attached hydrogens (tertiary/aromatic N) is 1. The monoisotopic (exact) mass is 538 g/mol. The summed E-state index contributed by atoms with van der Waals surface area (Å²) in [5.41, 5.74) is 2.38. The van der Waals surface area contributed by atoms with Gasteiger partial charge >= 0.3 is 6.18 Å². The number of benzene rings is 1. The van der Waals surface area contributed by atoms with Crippen molar-refractivity contribution in [1.29, 1.82) is 0 Å². The van der Waals surface area contributed by atoms with Gasteiger partial charge in [-0.2, -0.15) is 13.2 Å². The van der Waals surface area contributed by atoms with Crippen LogP contribution in [0.1, 0.15) is 42.4 Å². The van der Waals surface area contributed by atoms with Crippen LogP contribution in [-0.2, 0) is 27.2 Å². The molecule has 0 aliphatic heterocycles. The highest BCUT2D eigenvalue weighted by Gasteiger charge is 2.64. The number of carbonyl (C=O) groups is 3. The lowest BCUT2D eigenvalue weighted by Gasteiger charge is -2.50. The minimum absolute atomic E-state index is 0.0606. The number of nitrogens with two attached hydrogens (primary N) is 1. The summed E-state index contributed by atoms with van der Waals surface area (Å²) < 4.78 is 37.7. The fourth-order valence-corrected chi connectivity index (χ4v) is 6.18. The Balaban J connectivity index is 1.81. The lowest BCUT2D eigenvalue weighted by molar-refractivity contribution is -0.153. The van der Waals surface area contributed by atoms with E-state index in [4.69, 9.17) is 5.73 Å². The number of Topliss-reactive ketones (excluding diaryl/α,β-unsaturated/α-hetero) is 2. The molecule has 1 aromatic rings. The predicted molar refractivity (Wildman–Crippen MR) is 128 cm³/mol. The fraction of sp³-hybridized carbons (Fsp3) is 0.500. The number of amides is 1. The van der Waals surface area contributed by atoms with Crippen molar-refractivity contribution in [3.63, 3.8) is 0 Å². The molecule has 206 valence electrons. The summed E-state index contributed by atoms with van der Waals surface area (Å²) in [7, 11) is 3.01. The van der Waals surface area contributed by atoms with Crippen molar-refractivity contribution in [2.45, 2.75) is 56.3 Å². The van der Waals surface area contributed by atoms with Crippen molar-refractivity contribution in [3.05, 3.63) is 45.7 Å². The zero-order valence-electron chi connectivity index (χ0n) is 20.8. The molecule has 3 aliphatic rings. The van der Waals surface area contributed by atoms with Crippen molar-refractivity contribution in [2.24, 2.45) is 17.6 Å². The molecule has 0 heterocycles. The summed E-state index contributed by atoms with van der Waals surface area (Å²) in [6.45, 7) is 0. The van der Waals surface area contributed by atoms with E-state index in [-0.39, 0.29) is 49.0 Å². The van der Waals surface area contributed by atoms with Crippen molar-refractivity contribution in [3.8, 4) is 5.75 Å². The summed E-state index contributed by atoms with van der Waals surface area (Å²) in [4.78, 5) is 40.3. The van der Waals surface area contributed by atoms with Crippen LogP contribution in [0.5, 0.6) is 5.75 Å². The number of phenols is 1. The number of aliphatic hydroxyl groups excluding tert-OH is 2. The number of halogens is 3. The van der Waals surface area contributed by atoms with Gasteiger partial charge in [0.15, 0.2) is 11.4 Å². The van der Waals surface area contributed by atoms with Gasteiger partial charge < -0.3 is 26.2 Å². The zero-order valence-corrected chi connectivity index (χ0v) is 20.8. The van der Waals surface area contributed by atoms with Gasteiger partial charge in [-0.3, -0.25) is 19.3 Å². The van der Waals surface area contributed by atoms with E-state index < -0.39 is 70.6 Å². The number of carbonyl (C=O) groups excluding carboxylic acids is 3. The molecule has 0 radical (unpaired) electrons. The minimum Gasteiger partial charge on any atom is -0.508 e. The van der Waals surface area contributed by atoms with Gasteiger partial charge in [-0.15, -0.1) is 0 Å². The van der Waals surface area contributed by atoms with Gasteiger partial charge in [-0.25, -0.2) is 0 Å². The van der Waals surface area contributed by atoms with Crippen LogP contribution in [0.15, 0.2) is 29.0 Å². The van der Waals surface area contributed by atoms with Gasteiger partial charge in [-0.05, 0) is 69.3 Å². The Labute approximate surface area is 216 Å². The Bertz CT molecular complexity index is 1280. The van der Waals surface area contributed by atoms with Crippen molar-refractivity contribution in [1.82, 2.24) is 4.90 Å². The first kappa shape index (κ1) is 27.6. The minimum atomic E-state index is -4.28. The number of likely N-dealkylation sites (N-methyl/N-ethyl adjacent to an activating group) is 1. The number of ketones is 2. The third-order valence-electron chi connectivity index (χ3n) is 7.86. The van der Waals surface area contributed by atoms with Crippen LogP contribution in [0.25, 0.3) is 5.76 Å². The Morgan fingerprint density at radius 3 is 2.39 bits per heavy atom. The number of aliphatic hydroxyl groups is 3. The van der Waals surface area contributed by atoms with Gasteiger partial charge in [0.1, 0.15) is 22.8 Å². The second kappa shape index (κ2) is 9.42. The van der Waals surface area contributed by atoms with E-state index in [1.807, 2.05) is 0 Å². The number of primary amides is 1. The quantitative estimate of drug-likeness (QED) is 0.272. The molecule has 1 saturated carbocycles. The van der Waals surface area contributed by atoms with E-state index in [1.165, 1.54) is 25.1 Å². The fourth-order valence-electron chi connectivity index (χ4n) is 6.18. The molecule has 0 spiro atoms. The maximum atomic E-state index is 13.8. The number of aryl methyl sites for hydroxylation is 1. The molecular formula is C26H29F3N2O7. The van der Waals surface area contributed by atoms with Crippen LogP contribution < -0.4 is 5.73 Å². The molecule has 1 aromatic carbocycles. The van der Waals surface area contributed by atoms with E-state index in [0.717, 1.165) is 0 Å². The number of phenolic OH excluding ortho intramolecular Hbond substituents is 1. The molecule has 0 bridgehead atoms. The highest BCUT2D eigenvalue weighted by Crippen LogP contribution is 2.53. The van der Waals surface area contributed by atoms with Gasteiger partial charge in [0, 0.05) is 17.9 Å². The van der Waals surface area contributed by atoms with Crippen LogP contribution in [0, 0.1) is 11.8 Å². The molecule has 1 amide bonds. The molecule has 0 aromatic heterocycles. The van der Waals surface area contributed by atoms with Crippen molar-refractivity contribution in [2.75, 3.05) is 14.1 Å². The second-order valence-electron chi connectivity index (χ2n) is 10.4. The van der Waals surface area contributed by atoms with E-state index >= 15 is 0 Å². The van der Waals surface area contributed by atoms with E-state index in [9.17, 15) is 48.0 Å². The first-order valence-electron chi connectivity index (χ1n) is 12.2. The Morgan fingerprint density at radius 1 is 1.16 bits per heavy atom. The molecule has 6 N–H and O–H groups in total. The number of unbranched alkanes of at least 4 members (excludes halogenated alkanes) is 1. The van der Waals surface area contributed by atoms with Crippen LogP contribution in [0.3, 0.4) is 0 Å². The lowest BCUT2D eigenvalue weighted by Crippen LogP contribution is -2.65. The van der Waals surface area contributed by atoms with E-state index in [1.54, 1.807) is 6.07 Å². The van der Waals surface area contributed by atoms with Crippen molar-refractivity contribution >= 4 is 23.2 Å². The smallest absolute Gasteiger partial charge is 0.389 e. The Hall–Kier alpha value is -3.38. The topological polar surface area (TPSA) is 161 Å². The number of fused-ring (bicyclic) bond motifs is 3. The number of aromatic hydroxyl groups is 1. The number of hydrogen-bond acceptors (Lipinski definition) is 8. The molecule has 4 atom stereocenters. The Morgan fingerprint density at radius 2 is 1.82 bits per heavy atom. The second-order valence-corrected chi connectivity index (χ2v) is 10.4. The van der Waals surface area contributed by atoms with Gasteiger partial charge in [0.25, 0.3) is 5.91 Å². The highest BCUT2D eigenvalue weighted by molar-refractivity contribution is 6.24. The molecule has 4 rings (SSSR count). The molecule has 1 fully saturated rings. The summed E-state index contributed by atoms with van der Waals surface area (Å²) in [6, 6.07) is 1.63. The average molecular weight is 539 g/mol. The lowest BCUT2D eigenvalue weighted by atomic mass is 9.57. The first-order chi connectivity index (χ1) is 17.6. The van der Waals surface area contributed by atoms with E-state index in [0.29, 0.717) is 11.1 Å². The number of hydrogen-bond donors (Lipinski definition) is 5. The van der Waals surface area contributed by atoms with Gasteiger partial charge in [0.05, 0.1) is 11.6 Å². The summed E-state index contributed by atoms with van der Waals surface area (Å²) in [6.07, 6.45) is -4.86. The molecule has 3 aliphatic carbocycles. The summed E-state index contributed by atoms with van der Waals surface area (Å²) in [5, 5.41) is 44.1. The molecular weight excluding hydrogens is 509 g/mol. The molecule has 0 unspecified atom stereocenters. The third kappa shape index (κ3) is 4.25. The molecule has 0 saturated heterocycles. The summed E-state index contributed by atoms with van der Waals surface area (Å²) >= 11 is 0. The SMILES string of the molecule is CN(C)[C@@H]1C(=O)C(C(N)=O)=C(O)[C@@]2(O)C(=O)C3=C(O)c4c(O)ccc(CCCCC(F)(F)F)c4C[C@H]3C[C@@H]12. The predicted octanol–water partition coefficient (Wildman–Crippen LogP) is 2.24. The van der Waals surface area contributed by atoms with Gasteiger partial charge in [0.2, 0.25) is 5.78 Å². The molecule has 12 heteroatoms. The Kier molecular flexibility index (Phi) is 6.86. The van der Waals surface area contributed by atoms with Crippen molar-refractivity contribution < 1.29 is 48.0 Å². The normalized spacial score (nSPS) is 27.4. The van der Waals surface area contributed by atoms with Crippen LogP contribution in [0.4, 0.5) is 13.2 Å². The average Bonchev–Trinajstić information content (AvgIpc) is 2.79. The molecule has 38 heavy (non-hydrogen) atoms. The standard InChI is InChI=1S/C26H29F3N2O7/c1-31(2)19-14-10-12-9-13-11(5-3-4-8-25(27,28)29)6-7-15(32)17(13)20(33)16(12)22(35)26(14,38)23(36)18(21(19)34)24(30)37/h6-7,12,14,19,32-33,36,38H,3-5,8-10H2,1-2H3,(H2,30,37)/t12-,14-,19-,26-/m0/s1. The van der Waals surface area contributed by atoms with Crippen LogP contribution in [0.2, 0.25) is 0 Å². The maximum absolute atomic E-state index is 13.8. The highest BCUT2D eigenvalue weighted by atomic mass is 19.4. The molecule has 9 nitrogen and oxygen atoms in total. The maximum Gasteiger partial charge on any atom is 0.389 e. The number of rotatable bonds is 6. The largest absolute Gasteiger partial charge is 0.508 e. The summed E-state index contributed by atoms with van der Waals surface area (Å²) in [5.74, 6) is -7.39. The zero-order chi connectivity index (χ0) is 28.3.